The number of nitrogens with one attached hydrogen (secondary N) is 1. The van der Waals surface area contributed by atoms with Gasteiger partial charge in [-0.2, -0.15) is 5.10 Å². The molecule has 23 heavy (non-hydrogen) atoms. The Morgan fingerprint density at radius 2 is 2.04 bits per heavy atom. The summed E-state index contributed by atoms with van der Waals surface area (Å²) in [6.07, 6.45) is 2.46. The summed E-state index contributed by atoms with van der Waals surface area (Å²) >= 11 is 12.0. The van der Waals surface area contributed by atoms with E-state index in [4.69, 9.17) is 23.2 Å². The van der Waals surface area contributed by atoms with E-state index >= 15 is 0 Å². The number of rotatable bonds is 7. The average molecular weight is 351 g/mol. The lowest BCUT2D eigenvalue weighted by Gasteiger charge is -2.09. The molecule has 2 aromatic rings. The third kappa shape index (κ3) is 5.54. The monoisotopic (exact) mass is 350 g/mol. The van der Waals surface area contributed by atoms with E-state index in [1.54, 1.807) is 36.5 Å². The smallest absolute Gasteiger partial charge is 0.0863 e. The minimum atomic E-state index is -1.09. The van der Waals surface area contributed by atoms with Crippen molar-refractivity contribution >= 4 is 40.6 Å². The summed E-state index contributed by atoms with van der Waals surface area (Å²) in [7, 11) is 0. The fraction of sp³-hybridized carbons (Fsp3) is 0.188. The largest absolute Gasteiger partial charge is 0.550 e. The van der Waals surface area contributed by atoms with Crippen molar-refractivity contribution in [3.05, 3.63) is 58.3 Å². The van der Waals surface area contributed by atoms with Gasteiger partial charge in [0.1, 0.15) is 0 Å². The van der Waals surface area contributed by atoms with Crippen molar-refractivity contribution in [2.45, 2.75) is 19.3 Å². The first-order valence-electron chi connectivity index (χ1n) is 6.95. The molecule has 1 heterocycles. The molecule has 0 amide bonds. The van der Waals surface area contributed by atoms with Crippen molar-refractivity contribution in [1.29, 1.82) is 0 Å². The zero-order valence-corrected chi connectivity index (χ0v) is 13.6. The van der Waals surface area contributed by atoms with E-state index in [0.717, 1.165) is 0 Å². The van der Waals surface area contributed by atoms with Crippen LogP contribution in [0.2, 0.25) is 10.0 Å². The summed E-state index contributed by atoms with van der Waals surface area (Å²) in [5, 5.41) is 15.9. The second-order valence-corrected chi connectivity index (χ2v) is 5.58. The number of nitrogens with zero attached hydrogens (tertiary/aromatic N) is 2. The van der Waals surface area contributed by atoms with E-state index in [2.05, 4.69) is 15.5 Å². The molecule has 7 heteroatoms. The van der Waals surface area contributed by atoms with Crippen molar-refractivity contribution in [3.8, 4) is 0 Å². The van der Waals surface area contributed by atoms with E-state index < -0.39 is 5.97 Å². The van der Waals surface area contributed by atoms with Gasteiger partial charge in [-0.25, -0.2) is 0 Å². The molecule has 0 radical (unpaired) electrons. The Morgan fingerprint density at radius 3 is 2.74 bits per heavy atom. The summed E-state index contributed by atoms with van der Waals surface area (Å²) in [5.41, 5.74) is 4.71. The molecule has 2 rings (SSSR count). The predicted molar refractivity (Wildman–Crippen MR) is 89.7 cm³/mol. The number of carboxylic acid groups (broad SMARTS) is 1. The van der Waals surface area contributed by atoms with Crippen LogP contribution in [0.4, 0.5) is 5.69 Å². The molecule has 0 fully saturated rings. The zero-order valence-electron chi connectivity index (χ0n) is 12.1. The van der Waals surface area contributed by atoms with Gasteiger partial charge in [-0.05, 0) is 49.6 Å². The second kappa shape index (κ2) is 8.50. The molecule has 0 spiro atoms. The average Bonchev–Trinajstić information content (AvgIpc) is 2.54. The first-order valence-corrected chi connectivity index (χ1v) is 7.70. The maximum absolute atomic E-state index is 10.6. The van der Waals surface area contributed by atoms with Crippen LogP contribution in [-0.2, 0) is 4.79 Å². The maximum atomic E-state index is 10.6. The molecule has 0 bridgehead atoms. The van der Waals surface area contributed by atoms with Crippen LogP contribution in [0.3, 0.4) is 0 Å². The third-order valence-corrected chi connectivity index (χ3v) is 3.56. The van der Waals surface area contributed by atoms with Crippen LogP contribution < -0.4 is 10.5 Å². The highest BCUT2D eigenvalue weighted by atomic mass is 35.5. The first-order chi connectivity index (χ1) is 11.1. The normalized spacial score (nSPS) is 11.3. The number of aromatic nitrogens is 1. The van der Waals surface area contributed by atoms with E-state index in [1.807, 2.05) is 6.07 Å². The summed E-state index contributed by atoms with van der Waals surface area (Å²) < 4.78 is 0. The Balaban J connectivity index is 2.18. The summed E-state index contributed by atoms with van der Waals surface area (Å²) in [6, 6.07) is 10.4. The Labute approximate surface area is 144 Å². The Morgan fingerprint density at radius 1 is 1.22 bits per heavy atom. The lowest BCUT2D eigenvalue weighted by molar-refractivity contribution is -0.305. The molecule has 1 N–H and O–H groups in total. The van der Waals surface area contributed by atoms with E-state index in [-0.39, 0.29) is 6.42 Å². The van der Waals surface area contributed by atoms with E-state index in [1.165, 1.54) is 0 Å². The highest BCUT2D eigenvalue weighted by molar-refractivity contribution is 6.35. The molecule has 0 unspecified atom stereocenters. The highest BCUT2D eigenvalue weighted by Gasteiger charge is 2.06. The fourth-order valence-electron chi connectivity index (χ4n) is 1.89. The van der Waals surface area contributed by atoms with Crippen LogP contribution in [0.15, 0.2) is 47.7 Å². The predicted octanol–water partition coefficient (Wildman–Crippen LogP) is 3.12. The number of carbonyl (C=O) groups is 1. The molecule has 0 aliphatic rings. The molecule has 5 nitrogen and oxygen atoms in total. The number of benzene rings is 1. The summed E-state index contributed by atoms with van der Waals surface area (Å²) in [6.45, 7) is 0. The molecular formula is C16H14Cl2N3O2-. The number of halogens is 2. The van der Waals surface area contributed by atoms with Gasteiger partial charge in [-0.15, -0.1) is 0 Å². The third-order valence-electron chi connectivity index (χ3n) is 2.99. The summed E-state index contributed by atoms with van der Waals surface area (Å²) in [5.74, 6) is -1.09. The number of anilines is 1. The van der Waals surface area contributed by atoms with Gasteiger partial charge in [-0.1, -0.05) is 29.3 Å². The lowest BCUT2D eigenvalue weighted by atomic mass is 10.1. The van der Waals surface area contributed by atoms with Crippen molar-refractivity contribution in [3.63, 3.8) is 0 Å². The Hall–Kier alpha value is -2.11. The molecule has 1 aromatic carbocycles. The Bertz CT molecular complexity index is 706. The number of hydrazone groups is 1. The van der Waals surface area contributed by atoms with Crippen molar-refractivity contribution in [1.82, 2.24) is 4.98 Å². The van der Waals surface area contributed by atoms with E-state index in [0.29, 0.717) is 40.0 Å². The van der Waals surface area contributed by atoms with Gasteiger partial charge in [0.2, 0.25) is 0 Å². The molecule has 0 aliphatic heterocycles. The molecule has 120 valence electrons. The van der Waals surface area contributed by atoms with Gasteiger partial charge in [0, 0.05) is 17.2 Å². The van der Waals surface area contributed by atoms with Crippen LogP contribution >= 0.6 is 23.2 Å². The number of carboxylic acids is 1. The minimum absolute atomic E-state index is 0.0379. The van der Waals surface area contributed by atoms with Crippen molar-refractivity contribution in [2.75, 3.05) is 5.43 Å². The standard InChI is InChI=1S/C16H15Cl2N3O2/c17-11-7-8-12(18)15(10-11)21-20-14(5-3-6-16(22)23)13-4-1-2-9-19-13/h1-2,4,7-10,21H,3,5-6H2,(H,22,23)/p-1/b20-14-. The van der Waals surface area contributed by atoms with Gasteiger partial charge in [0.05, 0.1) is 22.1 Å². The van der Waals surface area contributed by atoms with Gasteiger partial charge in [0.15, 0.2) is 0 Å². The molecule has 0 atom stereocenters. The molecule has 0 saturated carbocycles. The van der Waals surface area contributed by atoms with Gasteiger partial charge in [-0.3, -0.25) is 10.4 Å². The van der Waals surface area contributed by atoms with Crippen LogP contribution in [0.5, 0.6) is 0 Å². The fourth-order valence-corrected chi connectivity index (χ4v) is 2.22. The number of hydrogen-bond donors (Lipinski definition) is 1. The highest BCUT2D eigenvalue weighted by Crippen LogP contribution is 2.25. The number of hydrogen-bond acceptors (Lipinski definition) is 5. The SMILES string of the molecule is O=C([O-])CCC/C(=N/Nc1cc(Cl)ccc1Cl)c1ccccn1. The topological polar surface area (TPSA) is 77.4 Å². The first kappa shape index (κ1) is 17.2. The van der Waals surface area contributed by atoms with Crippen LogP contribution in [0.1, 0.15) is 25.0 Å². The van der Waals surface area contributed by atoms with Gasteiger partial charge in [0.25, 0.3) is 0 Å². The maximum Gasteiger partial charge on any atom is 0.0863 e. The molecule has 0 aliphatic carbocycles. The number of pyridine rings is 1. The van der Waals surface area contributed by atoms with Crippen LogP contribution in [0, 0.1) is 0 Å². The second-order valence-electron chi connectivity index (χ2n) is 4.74. The quantitative estimate of drug-likeness (QED) is 0.614. The number of carbonyl (C=O) groups excluding carboxylic acids is 1. The molecule has 0 saturated heterocycles. The van der Waals surface area contributed by atoms with Gasteiger partial charge >= 0.3 is 0 Å². The van der Waals surface area contributed by atoms with Gasteiger partial charge < -0.3 is 9.90 Å². The van der Waals surface area contributed by atoms with Crippen LogP contribution in [-0.4, -0.2) is 16.7 Å². The molecular weight excluding hydrogens is 337 g/mol. The number of aliphatic carboxylic acids is 1. The minimum Gasteiger partial charge on any atom is -0.550 e. The zero-order chi connectivity index (χ0) is 16.7. The Kier molecular flexibility index (Phi) is 6.38. The van der Waals surface area contributed by atoms with Crippen molar-refractivity contribution in [2.24, 2.45) is 5.10 Å². The molecule has 1 aromatic heterocycles. The summed E-state index contributed by atoms with van der Waals surface area (Å²) in [4.78, 5) is 14.8. The van der Waals surface area contributed by atoms with Crippen LogP contribution in [0.25, 0.3) is 0 Å². The van der Waals surface area contributed by atoms with E-state index in [9.17, 15) is 9.90 Å². The lowest BCUT2D eigenvalue weighted by Crippen LogP contribution is -2.22. The van der Waals surface area contributed by atoms with Crippen molar-refractivity contribution < 1.29 is 9.90 Å².